The molecule has 0 aliphatic heterocycles. The van der Waals surface area contributed by atoms with Gasteiger partial charge in [0.15, 0.2) is 5.78 Å². The summed E-state index contributed by atoms with van der Waals surface area (Å²) in [4.78, 5) is 14.9. The smallest absolute Gasteiger partial charge is 0.294 e. The van der Waals surface area contributed by atoms with Crippen LogP contribution in [0.2, 0.25) is 0 Å². The summed E-state index contributed by atoms with van der Waals surface area (Å²) in [6, 6.07) is 0.822. The molecule has 0 saturated carbocycles. The van der Waals surface area contributed by atoms with Gasteiger partial charge in [-0.3, -0.25) is 9.78 Å². The molecule has 0 amide bonds. The molecule has 1 heterocycles. The molecule has 2 nitrogen and oxygen atoms in total. The highest BCUT2D eigenvalue weighted by Gasteiger charge is 2.34. The van der Waals surface area contributed by atoms with Crippen LogP contribution in [0.25, 0.3) is 0 Å². The largest absolute Gasteiger partial charge is 0.417 e. The highest BCUT2D eigenvalue weighted by atomic mass is 19.4. The summed E-state index contributed by atoms with van der Waals surface area (Å²) in [6.45, 7) is 5.74. The molecule has 0 atom stereocenters. The van der Waals surface area contributed by atoms with E-state index >= 15 is 0 Å². The van der Waals surface area contributed by atoms with Crippen molar-refractivity contribution in [2.75, 3.05) is 0 Å². The Morgan fingerprint density at radius 1 is 1.35 bits per heavy atom. The first kappa shape index (κ1) is 15.6. The average molecular weight is 247 g/mol. The Morgan fingerprint density at radius 2 is 1.94 bits per heavy atom. The molecular formula is C12H16F3NO. The van der Waals surface area contributed by atoms with Crippen LogP contribution in [0.3, 0.4) is 0 Å². The van der Waals surface area contributed by atoms with Gasteiger partial charge in [-0.25, -0.2) is 0 Å². The van der Waals surface area contributed by atoms with Crippen molar-refractivity contribution in [3.8, 4) is 0 Å². The number of Topliss-reactive ketones (excluding diaryl/α,β-unsaturated/α-hetero) is 1. The lowest BCUT2D eigenvalue weighted by atomic mass is 10.0. The number of nitrogens with zero attached hydrogens (tertiary/aromatic N) is 1. The van der Waals surface area contributed by atoms with Gasteiger partial charge in [-0.1, -0.05) is 20.8 Å². The molecule has 0 spiro atoms. The predicted octanol–water partition coefficient (Wildman–Crippen LogP) is 4.11. The van der Waals surface area contributed by atoms with E-state index in [1.807, 2.05) is 13.8 Å². The fourth-order valence-electron chi connectivity index (χ4n) is 1.23. The van der Waals surface area contributed by atoms with Crippen molar-refractivity contribution < 1.29 is 18.0 Å². The SMILES string of the molecule is CC.CCCC(=O)c1cnccc1C(F)(F)F. The average Bonchev–Trinajstić information content (AvgIpc) is 2.31. The maximum atomic E-state index is 12.5. The molecule has 1 aromatic heterocycles. The van der Waals surface area contributed by atoms with E-state index < -0.39 is 17.5 Å². The number of rotatable bonds is 3. The molecule has 0 aliphatic carbocycles. The van der Waals surface area contributed by atoms with Gasteiger partial charge in [0.2, 0.25) is 0 Å². The fourth-order valence-corrected chi connectivity index (χ4v) is 1.23. The predicted molar refractivity (Wildman–Crippen MR) is 59.8 cm³/mol. The Balaban J connectivity index is 0.00000121. The van der Waals surface area contributed by atoms with Crippen LogP contribution in [-0.4, -0.2) is 10.8 Å². The first-order chi connectivity index (χ1) is 7.96. The van der Waals surface area contributed by atoms with E-state index in [4.69, 9.17) is 0 Å². The normalized spacial score (nSPS) is 10.5. The molecule has 1 aromatic rings. The topological polar surface area (TPSA) is 30.0 Å². The number of aromatic nitrogens is 1. The monoisotopic (exact) mass is 247 g/mol. The zero-order valence-corrected chi connectivity index (χ0v) is 10.1. The lowest BCUT2D eigenvalue weighted by Crippen LogP contribution is -2.13. The third-order valence-corrected chi connectivity index (χ3v) is 1.90. The van der Waals surface area contributed by atoms with Gasteiger partial charge in [0.1, 0.15) is 0 Å². The number of halogens is 3. The molecule has 0 bridgehead atoms. The van der Waals surface area contributed by atoms with Gasteiger partial charge in [-0.05, 0) is 12.5 Å². The maximum Gasteiger partial charge on any atom is 0.417 e. The van der Waals surface area contributed by atoms with Gasteiger partial charge >= 0.3 is 6.18 Å². The molecule has 0 aliphatic rings. The zero-order chi connectivity index (χ0) is 13.5. The van der Waals surface area contributed by atoms with Crippen molar-refractivity contribution in [3.05, 3.63) is 29.6 Å². The first-order valence-electron chi connectivity index (χ1n) is 5.51. The maximum absolute atomic E-state index is 12.5. The number of carbonyl (C=O) groups excluding carboxylic acids is 1. The van der Waals surface area contributed by atoms with E-state index in [1.165, 1.54) is 0 Å². The van der Waals surface area contributed by atoms with E-state index in [9.17, 15) is 18.0 Å². The molecule has 0 radical (unpaired) electrons. The Hall–Kier alpha value is -1.39. The van der Waals surface area contributed by atoms with Crippen molar-refractivity contribution in [3.63, 3.8) is 0 Å². The van der Waals surface area contributed by atoms with Crippen molar-refractivity contribution in [1.82, 2.24) is 4.98 Å². The summed E-state index contributed by atoms with van der Waals surface area (Å²) in [5.41, 5.74) is -1.25. The van der Waals surface area contributed by atoms with Gasteiger partial charge in [0.05, 0.1) is 5.56 Å². The van der Waals surface area contributed by atoms with Crippen molar-refractivity contribution in [1.29, 1.82) is 0 Å². The Bertz CT molecular complexity index is 361. The molecule has 5 heteroatoms. The van der Waals surface area contributed by atoms with Crippen LogP contribution in [0, 0.1) is 0 Å². The summed E-state index contributed by atoms with van der Waals surface area (Å²) in [7, 11) is 0. The standard InChI is InChI=1S/C10H10F3NO.C2H6/c1-2-3-9(15)7-6-14-5-4-8(7)10(11,12)13;1-2/h4-6H,2-3H2,1H3;1-2H3. The summed E-state index contributed by atoms with van der Waals surface area (Å²) in [5, 5.41) is 0. The van der Waals surface area contributed by atoms with E-state index in [1.54, 1.807) is 6.92 Å². The number of carbonyl (C=O) groups is 1. The number of ketones is 1. The van der Waals surface area contributed by atoms with Crippen molar-refractivity contribution in [2.45, 2.75) is 39.8 Å². The number of hydrogen-bond donors (Lipinski definition) is 0. The van der Waals surface area contributed by atoms with Gasteiger partial charge in [0, 0.05) is 24.4 Å². The molecule has 17 heavy (non-hydrogen) atoms. The van der Waals surface area contributed by atoms with Crippen molar-refractivity contribution >= 4 is 5.78 Å². The van der Waals surface area contributed by atoms with Crippen LogP contribution >= 0.6 is 0 Å². The lowest BCUT2D eigenvalue weighted by Gasteiger charge is -2.10. The highest BCUT2D eigenvalue weighted by molar-refractivity contribution is 5.97. The lowest BCUT2D eigenvalue weighted by molar-refractivity contribution is -0.138. The second-order valence-corrected chi connectivity index (χ2v) is 3.09. The fraction of sp³-hybridized carbons (Fsp3) is 0.500. The molecular weight excluding hydrogens is 231 g/mol. The van der Waals surface area contributed by atoms with Crippen LogP contribution in [0.15, 0.2) is 18.5 Å². The van der Waals surface area contributed by atoms with E-state index in [0.717, 1.165) is 18.5 Å². The second-order valence-electron chi connectivity index (χ2n) is 3.09. The van der Waals surface area contributed by atoms with E-state index in [0.29, 0.717) is 6.42 Å². The van der Waals surface area contributed by atoms with Crippen LogP contribution in [-0.2, 0) is 6.18 Å². The van der Waals surface area contributed by atoms with Crippen LogP contribution in [0.1, 0.15) is 49.5 Å². The quantitative estimate of drug-likeness (QED) is 0.752. The Labute approximate surface area is 98.9 Å². The third-order valence-electron chi connectivity index (χ3n) is 1.90. The minimum absolute atomic E-state index is 0.106. The number of alkyl halides is 3. The van der Waals surface area contributed by atoms with Crippen molar-refractivity contribution in [2.24, 2.45) is 0 Å². The molecule has 1 rings (SSSR count). The molecule has 0 fully saturated rings. The summed E-state index contributed by atoms with van der Waals surface area (Å²) in [5.74, 6) is -0.516. The summed E-state index contributed by atoms with van der Waals surface area (Å²) in [6.07, 6.45) is -1.87. The molecule has 0 N–H and O–H groups in total. The van der Waals surface area contributed by atoms with E-state index in [-0.39, 0.29) is 12.0 Å². The molecule has 0 aromatic carbocycles. The number of pyridine rings is 1. The van der Waals surface area contributed by atoms with Gasteiger partial charge in [-0.15, -0.1) is 0 Å². The van der Waals surface area contributed by atoms with Crippen LogP contribution in [0.4, 0.5) is 13.2 Å². The van der Waals surface area contributed by atoms with E-state index in [2.05, 4.69) is 4.98 Å². The molecule has 96 valence electrons. The van der Waals surface area contributed by atoms with Crippen LogP contribution < -0.4 is 0 Å². The summed E-state index contributed by atoms with van der Waals surface area (Å²) >= 11 is 0. The first-order valence-corrected chi connectivity index (χ1v) is 5.51. The Kier molecular flexibility index (Phi) is 6.46. The minimum atomic E-state index is -4.50. The van der Waals surface area contributed by atoms with Gasteiger partial charge in [-0.2, -0.15) is 13.2 Å². The van der Waals surface area contributed by atoms with Gasteiger partial charge in [0.25, 0.3) is 0 Å². The number of hydrogen-bond acceptors (Lipinski definition) is 2. The highest BCUT2D eigenvalue weighted by Crippen LogP contribution is 2.31. The molecule has 0 unspecified atom stereocenters. The summed E-state index contributed by atoms with van der Waals surface area (Å²) < 4.78 is 37.4. The molecule has 0 saturated heterocycles. The zero-order valence-electron chi connectivity index (χ0n) is 10.1. The minimum Gasteiger partial charge on any atom is -0.294 e. The Morgan fingerprint density at radius 3 is 2.41 bits per heavy atom. The van der Waals surface area contributed by atoms with Gasteiger partial charge < -0.3 is 0 Å². The van der Waals surface area contributed by atoms with Crippen LogP contribution in [0.5, 0.6) is 0 Å². The second kappa shape index (κ2) is 7.04. The third kappa shape index (κ3) is 4.54.